The maximum atomic E-state index is 4.63. The van der Waals surface area contributed by atoms with Crippen molar-refractivity contribution in [2.75, 3.05) is 39.1 Å². The molecule has 0 N–H and O–H groups in total. The molecule has 0 saturated carbocycles. The van der Waals surface area contributed by atoms with Crippen LogP contribution in [-0.4, -0.2) is 49.1 Å². The Bertz CT molecular complexity index is 542. The van der Waals surface area contributed by atoms with Crippen LogP contribution in [0.1, 0.15) is 0 Å². The van der Waals surface area contributed by atoms with Gasteiger partial charge in [0.25, 0.3) is 0 Å². The molecule has 0 amide bonds. The summed E-state index contributed by atoms with van der Waals surface area (Å²) in [7, 11) is 6.17. The molecule has 4 nitrogen and oxygen atoms in total. The minimum Gasteiger partial charge on any atom is -0.357 e. The quantitative estimate of drug-likeness (QED) is 0.868. The second kappa shape index (κ2) is 5.63. The van der Waals surface area contributed by atoms with E-state index in [1.54, 1.807) is 0 Å². The van der Waals surface area contributed by atoms with Gasteiger partial charge >= 0.3 is 0 Å². The number of hydrogen-bond donors (Lipinski definition) is 0. The Morgan fingerprint density at radius 1 is 1.11 bits per heavy atom. The zero-order valence-electron chi connectivity index (χ0n) is 10.9. The molecule has 0 fully saturated rings. The summed E-state index contributed by atoms with van der Waals surface area (Å²) >= 11 is 3.46. The summed E-state index contributed by atoms with van der Waals surface area (Å²) in [5, 5.41) is 0. The first-order valence-corrected chi connectivity index (χ1v) is 6.64. The molecule has 2 rings (SSSR count). The van der Waals surface area contributed by atoms with Crippen LogP contribution in [0.3, 0.4) is 0 Å². The lowest BCUT2D eigenvalue weighted by Gasteiger charge is -2.20. The molecule has 1 aromatic carbocycles. The lowest BCUT2D eigenvalue weighted by atomic mass is 10.3. The highest BCUT2D eigenvalue weighted by Crippen LogP contribution is 2.18. The molecule has 0 spiro atoms. The van der Waals surface area contributed by atoms with E-state index in [2.05, 4.69) is 49.8 Å². The molecule has 1 heterocycles. The fourth-order valence-electron chi connectivity index (χ4n) is 1.62. The van der Waals surface area contributed by atoms with E-state index in [1.807, 2.05) is 31.4 Å². The maximum Gasteiger partial charge on any atom is 0.147 e. The number of likely N-dealkylation sites (N-methyl/N-ethyl adjacent to an activating group) is 2. The van der Waals surface area contributed by atoms with Gasteiger partial charge in [0.1, 0.15) is 5.82 Å². The number of benzene rings is 1. The van der Waals surface area contributed by atoms with Crippen molar-refractivity contribution in [1.82, 2.24) is 14.9 Å². The molecular formula is C13H17BrN4. The molecule has 0 aliphatic rings. The van der Waals surface area contributed by atoms with Gasteiger partial charge in [0.15, 0.2) is 0 Å². The number of anilines is 1. The molecule has 18 heavy (non-hydrogen) atoms. The number of fused-ring (bicyclic) bond motifs is 1. The monoisotopic (exact) mass is 308 g/mol. The van der Waals surface area contributed by atoms with Gasteiger partial charge in [-0.1, -0.05) is 15.9 Å². The summed E-state index contributed by atoms with van der Waals surface area (Å²) in [6.45, 7) is 1.93. The third-order valence-corrected chi connectivity index (χ3v) is 3.26. The average Bonchev–Trinajstić information content (AvgIpc) is 2.34. The minimum absolute atomic E-state index is 0.905. The van der Waals surface area contributed by atoms with Crippen molar-refractivity contribution in [3.63, 3.8) is 0 Å². The van der Waals surface area contributed by atoms with Crippen molar-refractivity contribution < 1.29 is 0 Å². The lowest BCUT2D eigenvalue weighted by molar-refractivity contribution is 0.416. The van der Waals surface area contributed by atoms with Gasteiger partial charge in [0.2, 0.25) is 0 Å². The van der Waals surface area contributed by atoms with Crippen molar-refractivity contribution >= 4 is 32.8 Å². The van der Waals surface area contributed by atoms with Crippen LogP contribution in [0.2, 0.25) is 0 Å². The van der Waals surface area contributed by atoms with E-state index in [4.69, 9.17) is 0 Å². The first kappa shape index (κ1) is 13.2. The van der Waals surface area contributed by atoms with Crippen molar-refractivity contribution in [3.05, 3.63) is 28.9 Å². The van der Waals surface area contributed by atoms with E-state index in [1.165, 1.54) is 0 Å². The van der Waals surface area contributed by atoms with Gasteiger partial charge in [-0.05, 0) is 32.3 Å². The highest BCUT2D eigenvalue weighted by atomic mass is 79.9. The van der Waals surface area contributed by atoms with E-state index in [0.717, 1.165) is 34.4 Å². The van der Waals surface area contributed by atoms with Crippen LogP contribution in [0, 0.1) is 0 Å². The Morgan fingerprint density at radius 2 is 1.89 bits per heavy atom. The largest absolute Gasteiger partial charge is 0.357 e. The molecule has 96 valence electrons. The topological polar surface area (TPSA) is 32.3 Å². The summed E-state index contributed by atoms with van der Waals surface area (Å²) in [6, 6.07) is 5.94. The van der Waals surface area contributed by atoms with E-state index in [0.29, 0.717) is 0 Å². The fraction of sp³-hybridized carbons (Fsp3) is 0.385. The van der Waals surface area contributed by atoms with E-state index in [-0.39, 0.29) is 0 Å². The molecule has 2 aromatic rings. The van der Waals surface area contributed by atoms with Crippen LogP contribution < -0.4 is 4.90 Å². The van der Waals surface area contributed by atoms with Crippen molar-refractivity contribution in [2.45, 2.75) is 0 Å². The smallest absolute Gasteiger partial charge is 0.147 e. The molecule has 5 heteroatoms. The van der Waals surface area contributed by atoms with Crippen molar-refractivity contribution in [3.8, 4) is 0 Å². The number of hydrogen-bond acceptors (Lipinski definition) is 4. The van der Waals surface area contributed by atoms with Gasteiger partial charge in [-0.3, -0.25) is 4.98 Å². The third kappa shape index (κ3) is 3.17. The first-order chi connectivity index (χ1) is 8.56. The van der Waals surface area contributed by atoms with Crippen molar-refractivity contribution in [2.24, 2.45) is 0 Å². The van der Waals surface area contributed by atoms with Gasteiger partial charge in [-0.2, -0.15) is 0 Å². The van der Waals surface area contributed by atoms with E-state index in [9.17, 15) is 0 Å². The second-order valence-electron chi connectivity index (χ2n) is 4.59. The Balaban J connectivity index is 2.23. The number of aromatic nitrogens is 2. The molecule has 0 atom stereocenters. The minimum atomic E-state index is 0.905. The second-order valence-corrected chi connectivity index (χ2v) is 5.50. The van der Waals surface area contributed by atoms with Crippen LogP contribution in [0.5, 0.6) is 0 Å². The Kier molecular flexibility index (Phi) is 4.14. The third-order valence-electron chi connectivity index (χ3n) is 2.77. The highest BCUT2D eigenvalue weighted by Gasteiger charge is 2.05. The fourth-order valence-corrected chi connectivity index (χ4v) is 1.97. The number of nitrogens with zero attached hydrogens (tertiary/aromatic N) is 4. The van der Waals surface area contributed by atoms with Crippen LogP contribution in [0.15, 0.2) is 28.9 Å². The van der Waals surface area contributed by atoms with Crippen molar-refractivity contribution in [1.29, 1.82) is 0 Å². The highest BCUT2D eigenvalue weighted by molar-refractivity contribution is 9.10. The SMILES string of the molecule is CN(C)CCN(C)c1cnc2ccc(Br)cc2n1. The molecular weight excluding hydrogens is 292 g/mol. The van der Waals surface area contributed by atoms with Gasteiger partial charge in [-0.25, -0.2) is 4.98 Å². The summed E-state index contributed by atoms with van der Waals surface area (Å²) < 4.78 is 1.03. The molecule has 0 aliphatic carbocycles. The molecule has 0 aliphatic heterocycles. The number of halogens is 1. The molecule has 1 aromatic heterocycles. The zero-order chi connectivity index (χ0) is 13.1. The standard InChI is InChI=1S/C13H17BrN4/c1-17(2)6-7-18(3)13-9-15-11-5-4-10(14)8-12(11)16-13/h4-5,8-9H,6-7H2,1-3H3. The maximum absolute atomic E-state index is 4.63. The van der Waals surface area contributed by atoms with Gasteiger partial charge < -0.3 is 9.80 Å². The van der Waals surface area contributed by atoms with Gasteiger partial charge in [0.05, 0.1) is 17.2 Å². The van der Waals surface area contributed by atoms with Crippen LogP contribution in [0.25, 0.3) is 11.0 Å². The summed E-state index contributed by atoms with van der Waals surface area (Å²) in [4.78, 5) is 13.3. The zero-order valence-corrected chi connectivity index (χ0v) is 12.5. The van der Waals surface area contributed by atoms with Gasteiger partial charge in [0, 0.05) is 24.6 Å². The van der Waals surface area contributed by atoms with Crippen LogP contribution in [-0.2, 0) is 0 Å². The Hall–Kier alpha value is -1.20. The van der Waals surface area contributed by atoms with Gasteiger partial charge in [-0.15, -0.1) is 0 Å². The van der Waals surface area contributed by atoms with E-state index >= 15 is 0 Å². The average molecular weight is 309 g/mol. The Labute approximate surface area is 116 Å². The van der Waals surface area contributed by atoms with Crippen LogP contribution in [0.4, 0.5) is 5.82 Å². The summed E-state index contributed by atoms with van der Waals surface area (Å²) in [5.41, 5.74) is 1.83. The summed E-state index contributed by atoms with van der Waals surface area (Å²) in [5.74, 6) is 0.905. The summed E-state index contributed by atoms with van der Waals surface area (Å²) in [6.07, 6.45) is 1.83. The normalized spacial score (nSPS) is 11.2. The molecule has 0 unspecified atom stereocenters. The predicted octanol–water partition coefficient (Wildman–Crippen LogP) is 2.39. The molecule has 0 saturated heterocycles. The predicted molar refractivity (Wildman–Crippen MR) is 79.1 cm³/mol. The number of rotatable bonds is 4. The van der Waals surface area contributed by atoms with Crippen LogP contribution >= 0.6 is 15.9 Å². The van der Waals surface area contributed by atoms with E-state index < -0.39 is 0 Å². The molecule has 0 radical (unpaired) electrons. The lowest BCUT2D eigenvalue weighted by Crippen LogP contribution is -2.29. The Morgan fingerprint density at radius 3 is 2.61 bits per heavy atom. The first-order valence-electron chi connectivity index (χ1n) is 5.84. The molecule has 0 bridgehead atoms.